The number of hydrogen-bond acceptors (Lipinski definition) is 9. The molecule has 0 aliphatic heterocycles. The zero-order chi connectivity index (χ0) is 47.2. The van der Waals surface area contributed by atoms with E-state index in [0.717, 1.165) is 95.0 Å². The van der Waals surface area contributed by atoms with Crippen LogP contribution in [0, 0.1) is 27.7 Å². The summed E-state index contributed by atoms with van der Waals surface area (Å²) >= 11 is 0. The lowest BCUT2D eigenvalue weighted by molar-refractivity contribution is -0.870. The second kappa shape index (κ2) is 33.1. The number of carbonyl (C=O) groups excluding carboxylic acids is 2. The quantitative estimate of drug-likeness (QED) is 0.0298. The molecule has 64 heavy (non-hydrogen) atoms. The van der Waals surface area contributed by atoms with Gasteiger partial charge >= 0.3 is 19.8 Å². The second-order valence-electron chi connectivity index (χ2n) is 19.4. The summed E-state index contributed by atoms with van der Waals surface area (Å²) in [6.45, 7) is 13.0. The molecular weight excluding hydrogens is 830 g/mol. The van der Waals surface area contributed by atoms with Crippen LogP contribution in [0.25, 0.3) is 0 Å². The molecule has 0 amide bonds. The molecule has 0 bridgehead atoms. The van der Waals surface area contributed by atoms with Crippen LogP contribution in [-0.4, -0.2) is 74.9 Å². The third-order valence-corrected chi connectivity index (χ3v) is 13.5. The van der Waals surface area contributed by atoms with E-state index in [0.29, 0.717) is 17.4 Å². The largest absolute Gasteiger partial charge is 0.472 e. The summed E-state index contributed by atoms with van der Waals surface area (Å²) in [5.74, 6) is 3.85. The van der Waals surface area contributed by atoms with Crippen molar-refractivity contribution in [2.24, 2.45) is 0 Å². The molecule has 0 saturated heterocycles. The lowest BCUT2D eigenvalue weighted by atomic mass is 10.0. The summed E-state index contributed by atoms with van der Waals surface area (Å²) in [5.41, 5.74) is 5.32. The molecule has 0 spiro atoms. The highest BCUT2D eigenvalue weighted by Gasteiger charge is 2.27. The number of ether oxygens (including phenoxy) is 2. The molecule has 2 atom stereocenters. The van der Waals surface area contributed by atoms with E-state index in [4.69, 9.17) is 27.4 Å². The second-order valence-corrected chi connectivity index (χ2v) is 20.8. The summed E-state index contributed by atoms with van der Waals surface area (Å²) in [5, 5.41) is 0. The van der Waals surface area contributed by atoms with Crippen LogP contribution >= 0.6 is 7.82 Å². The highest BCUT2D eigenvalue weighted by molar-refractivity contribution is 7.47. The number of rotatable bonds is 40. The number of phosphoric acid groups is 1. The number of aryl methyl sites for hydroxylation is 4. The Kier molecular flexibility index (Phi) is 29.8. The normalized spacial score (nSPS) is 13.3. The van der Waals surface area contributed by atoms with Gasteiger partial charge in [0.1, 0.15) is 42.8 Å². The molecule has 2 aromatic heterocycles. The van der Waals surface area contributed by atoms with Crippen LogP contribution in [0.4, 0.5) is 0 Å². The highest BCUT2D eigenvalue weighted by atomic mass is 31.2. The Bertz CT molecular complexity index is 1610. The van der Waals surface area contributed by atoms with E-state index in [9.17, 15) is 19.0 Å². The van der Waals surface area contributed by atoms with Crippen LogP contribution in [0.2, 0.25) is 0 Å². The molecule has 0 aliphatic carbocycles. The van der Waals surface area contributed by atoms with Crippen molar-refractivity contribution in [2.45, 2.75) is 227 Å². The number of carbonyl (C=O) groups is 2. The van der Waals surface area contributed by atoms with E-state index < -0.39 is 26.5 Å². The molecule has 2 heterocycles. The number of hydrogen-bond donors (Lipinski definition) is 1. The Morgan fingerprint density at radius 1 is 0.531 bits per heavy atom. The fourth-order valence-electron chi connectivity index (χ4n) is 8.01. The first-order valence-corrected chi connectivity index (χ1v) is 27.0. The Balaban J connectivity index is 1.61. The monoisotopic (exact) mass is 923 g/mol. The summed E-state index contributed by atoms with van der Waals surface area (Å²) in [6, 6.07) is 0. The van der Waals surface area contributed by atoms with E-state index in [-0.39, 0.29) is 32.0 Å². The van der Waals surface area contributed by atoms with Crippen molar-refractivity contribution in [3.8, 4) is 0 Å². The predicted molar refractivity (Wildman–Crippen MR) is 259 cm³/mol. The molecule has 2 aromatic rings. The van der Waals surface area contributed by atoms with Gasteiger partial charge in [-0.1, -0.05) is 117 Å². The average molecular weight is 923 g/mol. The molecule has 0 aliphatic rings. The first kappa shape index (κ1) is 57.7. The topological polar surface area (TPSA) is 135 Å². The van der Waals surface area contributed by atoms with Crippen LogP contribution in [0.3, 0.4) is 0 Å². The molecule has 0 aromatic carbocycles. The van der Waals surface area contributed by atoms with Crippen molar-refractivity contribution >= 4 is 19.8 Å². The Morgan fingerprint density at radius 2 is 0.922 bits per heavy atom. The van der Waals surface area contributed by atoms with Crippen LogP contribution in [0.15, 0.2) is 8.83 Å². The fraction of sp³-hybridized carbons (Fsp3) is 0.808. The lowest BCUT2D eigenvalue weighted by Gasteiger charge is -2.24. The van der Waals surface area contributed by atoms with Crippen LogP contribution in [0.1, 0.15) is 213 Å². The Morgan fingerprint density at radius 3 is 1.34 bits per heavy atom. The number of nitrogens with zero attached hydrogens (tertiary/aromatic N) is 1. The van der Waals surface area contributed by atoms with Gasteiger partial charge in [0.25, 0.3) is 0 Å². The molecule has 12 heteroatoms. The van der Waals surface area contributed by atoms with Crippen molar-refractivity contribution in [3.63, 3.8) is 0 Å². The molecule has 2 unspecified atom stereocenters. The first-order valence-electron chi connectivity index (χ1n) is 25.5. The predicted octanol–water partition coefficient (Wildman–Crippen LogP) is 13.7. The zero-order valence-corrected chi connectivity index (χ0v) is 43.1. The highest BCUT2D eigenvalue weighted by Crippen LogP contribution is 2.43. The SMILES string of the molecule is CCCCCc1oc(CCCCCCCCCCCCC(=O)OCC(COP(=O)(O)OCC[N+](C)(C)C)OC(=O)CCCCCCCCCCc2oc(CCC)c(C)c2C)c(C)c1C. The zero-order valence-electron chi connectivity index (χ0n) is 42.2. The lowest BCUT2D eigenvalue weighted by Crippen LogP contribution is -2.37. The van der Waals surface area contributed by atoms with Gasteiger partial charge in [0, 0.05) is 38.5 Å². The van der Waals surface area contributed by atoms with E-state index in [1.807, 2.05) is 21.1 Å². The molecule has 2 rings (SSSR count). The fourth-order valence-corrected chi connectivity index (χ4v) is 8.75. The van der Waals surface area contributed by atoms with Gasteiger partial charge in [-0.25, -0.2) is 4.57 Å². The van der Waals surface area contributed by atoms with Crippen molar-refractivity contribution < 1.29 is 50.9 Å². The van der Waals surface area contributed by atoms with Gasteiger partial charge < -0.3 is 27.7 Å². The standard InChI is InChI=1S/C52H92NO10P/c1-10-12-27-33-48-44(5)45(6)50(63-48)35-29-23-19-15-13-14-16-21-25-30-36-51(54)58-40-46(41-60-64(56,57)59-39-38-53(7,8)9)61-52(55)37-31-26-22-18-17-20-24-28-34-49-43(4)42(3)47(62-49)32-11-2/h46H,10-41H2,1-9H3/p+1. The molecule has 0 fully saturated rings. The molecule has 0 radical (unpaired) electrons. The number of phosphoric ester groups is 1. The number of esters is 2. The summed E-state index contributed by atoms with van der Waals surface area (Å²) < 4.78 is 46.9. The summed E-state index contributed by atoms with van der Waals surface area (Å²) in [6.07, 6.45) is 28.0. The van der Waals surface area contributed by atoms with Gasteiger partial charge in [-0.3, -0.25) is 18.6 Å². The van der Waals surface area contributed by atoms with Gasteiger partial charge in [-0.2, -0.15) is 0 Å². The van der Waals surface area contributed by atoms with E-state index in [2.05, 4.69) is 41.5 Å². The maximum absolute atomic E-state index is 12.8. The number of likely N-dealkylation sites (N-methyl/N-ethyl adjacent to an activating group) is 1. The minimum atomic E-state index is -4.40. The van der Waals surface area contributed by atoms with Gasteiger partial charge in [0.05, 0.1) is 27.7 Å². The maximum atomic E-state index is 12.8. The Labute approximate surface area is 389 Å². The van der Waals surface area contributed by atoms with Gasteiger partial charge in [-0.05, 0) is 88.5 Å². The average Bonchev–Trinajstić information content (AvgIpc) is 3.66. The minimum Gasteiger partial charge on any atom is -0.466 e. The van der Waals surface area contributed by atoms with Crippen LogP contribution in [0.5, 0.6) is 0 Å². The third kappa shape index (κ3) is 26.0. The third-order valence-electron chi connectivity index (χ3n) is 12.5. The van der Waals surface area contributed by atoms with Crippen molar-refractivity contribution in [2.75, 3.05) is 47.5 Å². The molecule has 1 N–H and O–H groups in total. The van der Waals surface area contributed by atoms with E-state index in [1.54, 1.807) is 0 Å². The summed E-state index contributed by atoms with van der Waals surface area (Å²) in [7, 11) is 1.45. The molecule has 370 valence electrons. The van der Waals surface area contributed by atoms with Crippen LogP contribution in [-0.2, 0) is 58.4 Å². The van der Waals surface area contributed by atoms with Gasteiger partial charge in [0.2, 0.25) is 0 Å². The van der Waals surface area contributed by atoms with Crippen molar-refractivity contribution in [1.82, 2.24) is 0 Å². The molecule has 0 saturated carbocycles. The summed E-state index contributed by atoms with van der Waals surface area (Å²) in [4.78, 5) is 35.7. The molecule has 11 nitrogen and oxygen atoms in total. The maximum Gasteiger partial charge on any atom is 0.472 e. The minimum absolute atomic E-state index is 0.0215. The molecular formula is C52H93NO10P+. The van der Waals surface area contributed by atoms with Crippen molar-refractivity contribution in [3.05, 3.63) is 45.3 Å². The van der Waals surface area contributed by atoms with Crippen molar-refractivity contribution in [1.29, 1.82) is 0 Å². The number of furan rings is 2. The number of unbranched alkanes of at least 4 members (excludes halogenated alkanes) is 18. The van der Waals surface area contributed by atoms with E-state index in [1.165, 1.54) is 111 Å². The van der Waals surface area contributed by atoms with E-state index >= 15 is 0 Å². The number of quaternary nitrogens is 1. The Hall–Kier alpha value is -2.43. The van der Waals surface area contributed by atoms with Gasteiger partial charge in [0.15, 0.2) is 6.10 Å². The first-order chi connectivity index (χ1) is 30.6. The van der Waals surface area contributed by atoms with Gasteiger partial charge in [-0.15, -0.1) is 0 Å². The van der Waals surface area contributed by atoms with Crippen LogP contribution < -0.4 is 0 Å². The smallest absolute Gasteiger partial charge is 0.466 e.